The fourth-order valence-corrected chi connectivity index (χ4v) is 2.05. The highest BCUT2D eigenvalue weighted by atomic mass is 16.4. The Kier molecular flexibility index (Phi) is 3.74. The number of carbonyl (C=O) groups is 2. The van der Waals surface area contributed by atoms with Gasteiger partial charge in [-0.25, -0.2) is 0 Å². The topological polar surface area (TPSA) is 77.8 Å². The monoisotopic (exact) mass is 263 g/mol. The molecule has 0 unspecified atom stereocenters. The zero-order valence-corrected chi connectivity index (χ0v) is 10.8. The Balaban J connectivity index is 2.19. The Bertz CT molecular complexity index is 508. The lowest BCUT2D eigenvalue weighted by Crippen LogP contribution is -2.37. The zero-order valence-electron chi connectivity index (χ0n) is 10.8. The Morgan fingerprint density at radius 3 is 2.58 bits per heavy atom. The molecule has 2 rings (SSSR count). The van der Waals surface area contributed by atoms with Crippen molar-refractivity contribution in [1.82, 2.24) is 4.90 Å². The smallest absolute Gasteiger partial charge is 0.323 e. The van der Waals surface area contributed by atoms with Crippen molar-refractivity contribution in [2.45, 2.75) is 19.8 Å². The summed E-state index contributed by atoms with van der Waals surface area (Å²) >= 11 is 0. The van der Waals surface area contributed by atoms with Crippen LogP contribution >= 0.6 is 0 Å². The zero-order chi connectivity index (χ0) is 14.0. The van der Waals surface area contributed by atoms with E-state index in [0.717, 1.165) is 12.8 Å². The van der Waals surface area contributed by atoms with Crippen molar-refractivity contribution in [2.24, 2.45) is 5.92 Å². The van der Waals surface area contributed by atoms with Crippen LogP contribution in [0, 0.1) is 12.8 Å². The van der Waals surface area contributed by atoms with E-state index in [0.29, 0.717) is 23.6 Å². The van der Waals surface area contributed by atoms with Crippen molar-refractivity contribution in [2.75, 3.05) is 13.1 Å². The van der Waals surface area contributed by atoms with Crippen LogP contribution < -0.4 is 0 Å². The van der Waals surface area contributed by atoms with E-state index in [-0.39, 0.29) is 18.2 Å². The van der Waals surface area contributed by atoms with Gasteiger partial charge in [0, 0.05) is 12.1 Å². The van der Waals surface area contributed by atoms with E-state index in [2.05, 4.69) is 0 Å². The van der Waals surface area contributed by atoms with Gasteiger partial charge < -0.3 is 15.1 Å². The minimum Gasteiger partial charge on any atom is -0.508 e. The van der Waals surface area contributed by atoms with Gasteiger partial charge in [-0.15, -0.1) is 0 Å². The molecular formula is C14H17NO4. The predicted molar refractivity (Wildman–Crippen MR) is 69.1 cm³/mol. The first-order chi connectivity index (χ1) is 8.97. The summed E-state index contributed by atoms with van der Waals surface area (Å²) < 4.78 is 0. The number of phenolic OH excluding ortho intramolecular Hbond substituents is 1. The van der Waals surface area contributed by atoms with Crippen molar-refractivity contribution in [1.29, 1.82) is 0 Å². The highest BCUT2D eigenvalue weighted by Gasteiger charge is 2.28. The molecule has 1 aromatic rings. The number of aliphatic carboxylic acids is 1. The number of rotatable bonds is 5. The molecule has 5 nitrogen and oxygen atoms in total. The van der Waals surface area contributed by atoms with Crippen molar-refractivity contribution >= 4 is 11.9 Å². The van der Waals surface area contributed by atoms with Gasteiger partial charge in [0.25, 0.3) is 5.91 Å². The third-order valence-electron chi connectivity index (χ3n) is 3.23. The highest BCUT2D eigenvalue weighted by Crippen LogP contribution is 2.30. The van der Waals surface area contributed by atoms with Gasteiger partial charge in [-0.3, -0.25) is 9.59 Å². The van der Waals surface area contributed by atoms with Gasteiger partial charge in [0.05, 0.1) is 0 Å². The summed E-state index contributed by atoms with van der Waals surface area (Å²) in [4.78, 5) is 24.6. The second-order valence-electron chi connectivity index (χ2n) is 5.02. The van der Waals surface area contributed by atoms with Gasteiger partial charge >= 0.3 is 5.97 Å². The Morgan fingerprint density at radius 1 is 1.37 bits per heavy atom. The van der Waals surface area contributed by atoms with Crippen molar-refractivity contribution < 1.29 is 19.8 Å². The summed E-state index contributed by atoms with van der Waals surface area (Å²) in [6.07, 6.45) is 2.11. The first-order valence-electron chi connectivity index (χ1n) is 6.28. The second-order valence-corrected chi connectivity index (χ2v) is 5.02. The van der Waals surface area contributed by atoms with Crippen LogP contribution in [-0.4, -0.2) is 40.1 Å². The van der Waals surface area contributed by atoms with Crippen LogP contribution in [0.25, 0.3) is 0 Å². The minimum atomic E-state index is -1.01. The average molecular weight is 263 g/mol. The van der Waals surface area contributed by atoms with E-state index < -0.39 is 5.97 Å². The summed E-state index contributed by atoms with van der Waals surface area (Å²) in [5, 5.41) is 18.2. The third kappa shape index (κ3) is 3.47. The van der Waals surface area contributed by atoms with E-state index in [1.165, 1.54) is 23.1 Å². The molecule has 2 N–H and O–H groups in total. The fourth-order valence-electron chi connectivity index (χ4n) is 2.05. The molecule has 19 heavy (non-hydrogen) atoms. The lowest BCUT2D eigenvalue weighted by molar-refractivity contribution is -0.137. The molecule has 0 spiro atoms. The van der Waals surface area contributed by atoms with Gasteiger partial charge in [-0.2, -0.15) is 0 Å². The van der Waals surface area contributed by atoms with E-state index in [1.807, 2.05) is 0 Å². The molecule has 1 aliphatic carbocycles. The van der Waals surface area contributed by atoms with Gasteiger partial charge in [0.2, 0.25) is 0 Å². The number of hydrogen-bond acceptors (Lipinski definition) is 3. The molecule has 0 saturated heterocycles. The number of carboxylic acid groups (broad SMARTS) is 1. The lowest BCUT2D eigenvalue weighted by atomic mass is 10.1. The number of aryl methyl sites for hydroxylation is 1. The van der Waals surface area contributed by atoms with Crippen LogP contribution in [0.3, 0.4) is 0 Å². The summed E-state index contributed by atoms with van der Waals surface area (Å²) in [6.45, 7) is 1.93. The molecule has 0 heterocycles. The predicted octanol–water partition coefficient (Wildman–Crippen LogP) is 1.64. The molecule has 1 aliphatic rings. The molecule has 1 saturated carbocycles. The van der Waals surface area contributed by atoms with Crippen LogP contribution in [0.5, 0.6) is 5.75 Å². The molecule has 1 amide bonds. The number of aromatic hydroxyl groups is 1. The summed E-state index contributed by atoms with van der Waals surface area (Å²) in [7, 11) is 0. The van der Waals surface area contributed by atoms with Crippen LogP contribution in [-0.2, 0) is 4.79 Å². The van der Waals surface area contributed by atoms with Gasteiger partial charge in [-0.05, 0) is 49.4 Å². The Morgan fingerprint density at radius 2 is 2.05 bits per heavy atom. The van der Waals surface area contributed by atoms with Gasteiger partial charge in [0.1, 0.15) is 12.3 Å². The highest BCUT2D eigenvalue weighted by molar-refractivity contribution is 5.97. The van der Waals surface area contributed by atoms with Crippen molar-refractivity contribution in [3.05, 3.63) is 29.3 Å². The number of nitrogens with zero attached hydrogens (tertiary/aromatic N) is 1. The summed E-state index contributed by atoms with van der Waals surface area (Å²) in [5.41, 5.74) is 1.09. The number of hydrogen-bond donors (Lipinski definition) is 2. The first-order valence-corrected chi connectivity index (χ1v) is 6.28. The molecule has 1 fully saturated rings. The average Bonchev–Trinajstić information content (AvgIpc) is 3.10. The Labute approximate surface area is 111 Å². The normalized spacial score (nSPS) is 14.2. The van der Waals surface area contributed by atoms with Gasteiger partial charge in [-0.1, -0.05) is 0 Å². The quantitative estimate of drug-likeness (QED) is 0.846. The molecule has 0 aromatic heterocycles. The van der Waals surface area contributed by atoms with E-state index in [1.54, 1.807) is 6.92 Å². The van der Waals surface area contributed by atoms with Crippen molar-refractivity contribution in [3.63, 3.8) is 0 Å². The summed E-state index contributed by atoms with van der Waals surface area (Å²) in [6, 6.07) is 4.48. The SMILES string of the molecule is Cc1cc(O)ccc1C(=O)N(CC(=O)O)CC1CC1. The molecule has 102 valence electrons. The molecule has 1 aromatic carbocycles. The summed E-state index contributed by atoms with van der Waals surface area (Å²) in [5.74, 6) is -0.765. The van der Waals surface area contributed by atoms with E-state index in [4.69, 9.17) is 5.11 Å². The van der Waals surface area contributed by atoms with E-state index >= 15 is 0 Å². The first kappa shape index (κ1) is 13.4. The Hall–Kier alpha value is -2.04. The maximum absolute atomic E-state index is 12.4. The van der Waals surface area contributed by atoms with E-state index in [9.17, 15) is 14.7 Å². The standard InChI is InChI=1S/C14H17NO4/c1-9-6-11(16)4-5-12(9)14(19)15(8-13(17)18)7-10-2-3-10/h4-6,10,16H,2-3,7-8H2,1H3,(H,17,18). The maximum Gasteiger partial charge on any atom is 0.323 e. The number of amides is 1. The van der Waals surface area contributed by atoms with Crippen LogP contribution in [0.1, 0.15) is 28.8 Å². The maximum atomic E-state index is 12.4. The molecule has 5 heteroatoms. The number of carboxylic acids is 1. The second kappa shape index (κ2) is 5.30. The largest absolute Gasteiger partial charge is 0.508 e. The van der Waals surface area contributed by atoms with Crippen LogP contribution in [0.15, 0.2) is 18.2 Å². The lowest BCUT2D eigenvalue weighted by Gasteiger charge is -2.21. The fraction of sp³-hybridized carbons (Fsp3) is 0.429. The van der Waals surface area contributed by atoms with Crippen LogP contribution in [0.2, 0.25) is 0 Å². The third-order valence-corrected chi connectivity index (χ3v) is 3.23. The molecule has 0 bridgehead atoms. The number of benzene rings is 1. The van der Waals surface area contributed by atoms with Crippen molar-refractivity contribution in [3.8, 4) is 5.75 Å². The molecular weight excluding hydrogens is 246 g/mol. The number of phenols is 1. The minimum absolute atomic E-state index is 0.0982. The van der Waals surface area contributed by atoms with Gasteiger partial charge in [0.15, 0.2) is 0 Å². The molecule has 0 radical (unpaired) electrons. The molecule has 0 aliphatic heterocycles. The molecule has 0 atom stereocenters. The number of carbonyl (C=O) groups excluding carboxylic acids is 1. The van der Waals surface area contributed by atoms with Crippen LogP contribution in [0.4, 0.5) is 0 Å².